The van der Waals surface area contributed by atoms with Gasteiger partial charge in [-0.3, -0.25) is 14.7 Å². The molecule has 3 rings (SSSR count). The van der Waals surface area contributed by atoms with Crippen molar-refractivity contribution in [3.05, 3.63) is 57.8 Å². The fourth-order valence-electron chi connectivity index (χ4n) is 2.22. The number of aliphatic imine (C=N–C) groups is 1. The second kappa shape index (κ2) is 6.45. The molecule has 3 nitrogen and oxygen atoms in total. The van der Waals surface area contributed by atoms with E-state index in [4.69, 9.17) is 0 Å². The summed E-state index contributed by atoms with van der Waals surface area (Å²) < 4.78 is 0. The highest BCUT2D eigenvalue weighted by molar-refractivity contribution is 8.13. The van der Waals surface area contributed by atoms with E-state index in [1.54, 1.807) is 16.7 Å². The number of hydrogen-bond acceptors (Lipinski definition) is 4. The summed E-state index contributed by atoms with van der Waals surface area (Å²) in [5.74, 6) is 0.910. The van der Waals surface area contributed by atoms with Crippen molar-refractivity contribution in [3.8, 4) is 0 Å². The molecule has 108 valence electrons. The molecule has 0 fully saturated rings. The van der Waals surface area contributed by atoms with E-state index >= 15 is 0 Å². The Hall–Kier alpha value is -1.59. The largest absolute Gasteiger partial charge is 0.285 e. The lowest BCUT2D eigenvalue weighted by molar-refractivity contribution is 0.0865. The van der Waals surface area contributed by atoms with Crippen molar-refractivity contribution >= 4 is 34.2 Å². The highest BCUT2D eigenvalue weighted by atomic mass is 32.2. The maximum absolute atomic E-state index is 12.4. The van der Waals surface area contributed by atoms with Crippen LogP contribution in [0.4, 0.5) is 0 Å². The molecule has 0 saturated heterocycles. The van der Waals surface area contributed by atoms with E-state index < -0.39 is 0 Å². The summed E-state index contributed by atoms with van der Waals surface area (Å²) in [5, 5.41) is 2.77. The van der Waals surface area contributed by atoms with Gasteiger partial charge in [0.15, 0.2) is 5.17 Å². The van der Waals surface area contributed by atoms with Crippen molar-refractivity contribution in [2.24, 2.45) is 4.99 Å². The summed E-state index contributed by atoms with van der Waals surface area (Å²) in [6.45, 7) is 3.48. The monoisotopic (exact) mass is 316 g/mol. The Kier molecular flexibility index (Phi) is 4.41. The maximum Gasteiger partial charge on any atom is 0.269 e. The average molecular weight is 316 g/mol. The van der Waals surface area contributed by atoms with Gasteiger partial charge in [-0.05, 0) is 23.9 Å². The fourth-order valence-corrected chi connectivity index (χ4v) is 3.88. The molecule has 2 heterocycles. The number of carbonyl (C=O) groups is 1. The molecule has 0 N–H and O–H groups in total. The molecule has 1 amide bonds. The minimum Gasteiger partial charge on any atom is -0.285 e. The summed E-state index contributed by atoms with van der Waals surface area (Å²) in [7, 11) is 0. The summed E-state index contributed by atoms with van der Waals surface area (Å²) in [6.07, 6.45) is 0. The zero-order valence-electron chi connectivity index (χ0n) is 11.8. The van der Waals surface area contributed by atoms with E-state index in [1.807, 2.05) is 17.5 Å². The SMILES string of the molecule is Cc1cccc(CSC2=NCCN2C(=O)c2cccs2)c1. The van der Waals surface area contributed by atoms with Gasteiger partial charge < -0.3 is 0 Å². The third-order valence-corrected chi connectivity index (χ3v) is 5.17. The molecule has 0 unspecified atom stereocenters. The highest BCUT2D eigenvalue weighted by Crippen LogP contribution is 2.23. The number of rotatable bonds is 3. The van der Waals surface area contributed by atoms with Crippen molar-refractivity contribution in [2.45, 2.75) is 12.7 Å². The fraction of sp³-hybridized carbons (Fsp3) is 0.250. The molecule has 0 saturated carbocycles. The Morgan fingerprint density at radius 3 is 3.05 bits per heavy atom. The zero-order valence-corrected chi connectivity index (χ0v) is 13.4. The molecule has 5 heteroatoms. The molecule has 0 aliphatic carbocycles. The number of nitrogens with zero attached hydrogens (tertiary/aromatic N) is 2. The molecule has 2 aromatic rings. The molecule has 0 radical (unpaired) electrons. The predicted octanol–water partition coefficient (Wildman–Crippen LogP) is 3.80. The van der Waals surface area contributed by atoms with Gasteiger partial charge in [0.25, 0.3) is 5.91 Å². The van der Waals surface area contributed by atoms with Crippen LogP contribution >= 0.6 is 23.1 Å². The predicted molar refractivity (Wildman–Crippen MR) is 90.1 cm³/mol. The first kappa shape index (κ1) is 14.4. The Morgan fingerprint density at radius 2 is 2.29 bits per heavy atom. The first-order valence-corrected chi connectivity index (χ1v) is 8.69. The van der Waals surface area contributed by atoms with Crippen LogP contribution in [0.3, 0.4) is 0 Å². The summed E-state index contributed by atoms with van der Waals surface area (Å²) >= 11 is 3.12. The second-order valence-electron chi connectivity index (χ2n) is 4.88. The molecule has 1 aromatic heterocycles. The normalized spacial score (nSPS) is 14.3. The molecule has 21 heavy (non-hydrogen) atoms. The first-order chi connectivity index (χ1) is 10.2. The topological polar surface area (TPSA) is 32.7 Å². The third kappa shape index (κ3) is 3.36. The van der Waals surface area contributed by atoms with Gasteiger partial charge in [-0.15, -0.1) is 11.3 Å². The maximum atomic E-state index is 12.4. The quantitative estimate of drug-likeness (QED) is 0.863. The van der Waals surface area contributed by atoms with Gasteiger partial charge in [0.1, 0.15) is 0 Å². The van der Waals surface area contributed by atoms with E-state index in [2.05, 4.69) is 36.2 Å². The number of carbonyl (C=O) groups excluding carboxylic acids is 1. The van der Waals surface area contributed by atoms with E-state index in [-0.39, 0.29) is 5.91 Å². The van der Waals surface area contributed by atoms with Crippen LogP contribution in [0.5, 0.6) is 0 Å². The second-order valence-corrected chi connectivity index (χ2v) is 6.77. The van der Waals surface area contributed by atoms with Crippen molar-refractivity contribution in [1.29, 1.82) is 0 Å². The summed E-state index contributed by atoms with van der Waals surface area (Å²) in [5.41, 5.74) is 2.52. The van der Waals surface area contributed by atoms with E-state index in [1.165, 1.54) is 22.5 Å². The Morgan fingerprint density at radius 1 is 1.38 bits per heavy atom. The van der Waals surface area contributed by atoms with E-state index in [0.29, 0.717) is 13.1 Å². The number of amidine groups is 1. The van der Waals surface area contributed by atoms with Gasteiger partial charge in [0, 0.05) is 12.3 Å². The van der Waals surface area contributed by atoms with Gasteiger partial charge >= 0.3 is 0 Å². The minimum absolute atomic E-state index is 0.0676. The van der Waals surface area contributed by atoms with E-state index in [0.717, 1.165) is 15.8 Å². The molecule has 0 bridgehead atoms. The van der Waals surface area contributed by atoms with Crippen LogP contribution in [0.25, 0.3) is 0 Å². The van der Waals surface area contributed by atoms with Gasteiger partial charge in [-0.1, -0.05) is 47.7 Å². The number of benzene rings is 1. The van der Waals surface area contributed by atoms with Gasteiger partial charge in [0.2, 0.25) is 0 Å². The van der Waals surface area contributed by atoms with Crippen molar-refractivity contribution in [3.63, 3.8) is 0 Å². The van der Waals surface area contributed by atoms with Crippen LogP contribution in [0.15, 0.2) is 46.8 Å². The lowest BCUT2D eigenvalue weighted by Gasteiger charge is -2.16. The van der Waals surface area contributed by atoms with Crippen LogP contribution < -0.4 is 0 Å². The van der Waals surface area contributed by atoms with Crippen LogP contribution in [0.2, 0.25) is 0 Å². The highest BCUT2D eigenvalue weighted by Gasteiger charge is 2.25. The third-order valence-electron chi connectivity index (χ3n) is 3.23. The van der Waals surface area contributed by atoms with Crippen LogP contribution in [0.1, 0.15) is 20.8 Å². The Labute approximate surface area is 132 Å². The number of thioether (sulfide) groups is 1. The molecule has 0 atom stereocenters. The standard InChI is InChI=1S/C16H16N2OS2/c1-12-4-2-5-13(10-12)11-21-16-17-7-8-18(16)15(19)14-6-3-9-20-14/h2-6,9-10H,7-8,11H2,1H3. The molecule has 1 aliphatic rings. The lowest BCUT2D eigenvalue weighted by atomic mass is 10.2. The van der Waals surface area contributed by atoms with Gasteiger partial charge in [-0.2, -0.15) is 0 Å². The summed E-state index contributed by atoms with van der Waals surface area (Å²) in [4.78, 5) is 19.5. The lowest BCUT2D eigenvalue weighted by Crippen LogP contribution is -2.32. The smallest absolute Gasteiger partial charge is 0.269 e. The molecular formula is C16H16N2OS2. The Balaban J connectivity index is 1.66. The van der Waals surface area contributed by atoms with Crippen LogP contribution in [-0.2, 0) is 5.75 Å². The molecule has 1 aromatic carbocycles. The number of thiophene rings is 1. The average Bonchev–Trinajstić information content (AvgIpc) is 3.16. The van der Waals surface area contributed by atoms with Crippen molar-refractivity contribution in [1.82, 2.24) is 4.90 Å². The molecular weight excluding hydrogens is 300 g/mol. The van der Waals surface area contributed by atoms with E-state index in [9.17, 15) is 4.79 Å². The minimum atomic E-state index is 0.0676. The summed E-state index contributed by atoms with van der Waals surface area (Å²) in [6, 6.07) is 12.2. The van der Waals surface area contributed by atoms with Gasteiger partial charge in [-0.25, -0.2) is 0 Å². The van der Waals surface area contributed by atoms with Crippen molar-refractivity contribution < 1.29 is 4.79 Å². The number of aryl methyl sites for hydroxylation is 1. The zero-order chi connectivity index (χ0) is 14.7. The molecule has 0 spiro atoms. The van der Waals surface area contributed by atoms with Gasteiger partial charge in [0.05, 0.1) is 11.4 Å². The van der Waals surface area contributed by atoms with Crippen molar-refractivity contribution in [2.75, 3.05) is 13.1 Å². The number of hydrogen-bond donors (Lipinski definition) is 0. The first-order valence-electron chi connectivity index (χ1n) is 6.82. The Bertz CT molecular complexity index is 665. The number of amides is 1. The van der Waals surface area contributed by atoms with Crippen LogP contribution in [0, 0.1) is 6.92 Å². The molecule has 1 aliphatic heterocycles. The van der Waals surface area contributed by atoms with Crippen LogP contribution in [-0.4, -0.2) is 29.1 Å².